The average molecular weight is 322 g/mol. The molecule has 0 radical (unpaired) electrons. The second-order valence-electron chi connectivity index (χ2n) is 6.14. The number of nitrogens with zero attached hydrogens (tertiary/aromatic N) is 2. The monoisotopic (exact) mass is 322 g/mol. The molecule has 1 atom stereocenters. The van der Waals surface area contributed by atoms with Crippen LogP contribution in [0.4, 0.5) is 0 Å². The summed E-state index contributed by atoms with van der Waals surface area (Å²) in [5, 5.41) is 3.06. The Morgan fingerprint density at radius 2 is 2.12 bits per heavy atom. The van der Waals surface area contributed by atoms with Crippen molar-refractivity contribution in [3.05, 3.63) is 59.6 Å². The molecule has 1 aliphatic carbocycles. The highest BCUT2D eigenvalue weighted by atomic mass is 16.3. The lowest BCUT2D eigenvalue weighted by Crippen LogP contribution is -2.39. The van der Waals surface area contributed by atoms with Gasteiger partial charge in [0, 0.05) is 23.7 Å². The molecule has 2 heterocycles. The van der Waals surface area contributed by atoms with Crippen molar-refractivity contribution < 1.29 is 9.21 Å². The number of benzene rings is 1. The molecular weight excluding hydrogens is 304 g/mol. The third-order valence-electron chi connectivity index (χ3n) is 4.42. The van der Waals surface area contributed by atoms with E-state index in [0.29, 0.717) is 11.5 Å². The van der Waals surface area contributed by atoms with Gasteiger partial charge >= 0.3 is 0 Å². The van der Waals surface area contributed by atoms with E-state index in [0.717, 1.165) is 41.8 Å². The summed E-state index contributed by atoms with van der Waals surface area (Å²) in [4.78, 5) is 24.2. The molecule has 0 saturated carbocycles. The third-order valence-corrected chi connectivity index (χ3v) is 4.42. The minimum Gasteiger partial charge on any atom is -0.443 e. The number of aromatic nitrogens is 3. The number of rotatable bonds is 3. The molecule has 3 aromatic rings. The Bertz CT molecular complexity index is 863. The Labute approximate surface area is 139 Å². The van der Waals surface area contributed by atoms with E-state index >= 15 is 0 Å². The quantitative estimate of drug-likeness (QED) is 0.776. The first-order valence-electron chi connectivity index (χ1n) is 8.03. The Balaban J connectivity index is 1.52. The van der Waals surface area contributed by atoms with Gasteiger partial charge in [0.25, 0.3) is 5.91 Å². The molecule has 1 aliphatic rings. The van der Waals surface area contributed by atoms with Gasteiger partial charge in [0.2, 0.25) is 0 Å². The Kier molecular flexibility index (Phi) is 3.65. The molecule has 6 nitrogen and oxygen atoms in total. The van der Waals surface area contributed by atoms with Crippen LogP contribution < -0.4 is 5.32 Å². The molecule has 6 heteroatoms. The second-order valence-corrected chi connectivity index (χ2v) is 6.14. The van der Waals surface area contributed by atoms with Gasteiger partial charge in [-0.1, -0.05) is 29.8 Å². The summed E-state index contributed by atoms with van der Waals surface area (Å²) in [7, 11) is 0. The number of fused-ring (bicyclic) bond motifs is 1. The SMILES string of the molecule is Cc1ccc(-c2ocnc2C(=O)NC2CCc3nc[nH]c3C2)cc1. The fraction of sp³-hybridized carbons (Fsp3) is 0.278. The lowest BCUT2D eigenvalue weighted by molar-refractivity contribution is 0.0929. The van der Waals surface area contributed by atoms with Crippen molar-refractivity contribution in [2.45, 2.75) is 32.2 Å². The highest BCUT2D eigenvalue weighted by Crippen LogP contribution is 2.24. The maximum Gasteiger partial charge on any atom is 0.274 e. The summed E-state index contributed by atoms with van der Waals surface area (Å²) in [6, 6.07) is 7.92. The van der Waals surface area contributed by atoms with Crippen LogP contribution >= 0.6 is 0 Å². The number of oxazole rings is 1. The van der Waals surface area contributed by atoms with Crippen molar-refractivity contribution >= 4 is 5.91 Å². The molecule has 0 saturated heterocycles. The predicted molar refractivity (Wildman–Crippen MR) is 88.5 cm³/mol. The maximum atomic E-state index is 12.6. The van der Waals surface area contributed by atoms with E-state index in [1.807, 2.05) is 31.2 Å². The van der Waals surface area contributed by atoms with Crippen LogP contribution in [0.5, 0.6) is 0 Å². The standard InChI is InChI=1S/C18H18N4O2/c1-11-2-4-12(5-3-11)17-16(21-10-24-17)18(23)22-13-6-7-14-15(8-13)20-9-19-14/h2-5,9-10,13H,6-8H2,1H3,(H,19,20)(H,22,23). The van der Waals surface area contributed by atoms with Crippen LogP contribution in [0.3, 0.4) is 0 Å². The van der Waals surface area contributed by atoms with Gasteiger partial charge in [-0.2, -0.15) is 0 Å². The number of aryl methyl sites for hydroxylation is 2. The zero-order valence-corrected chi connectivity index (χ0v) is 13.4. The average Bonchev–Trinajstić information content (AvgIpc) is 3.24. The predicted octanol–water partition coefficient (Wildman–Crippen LogP) is 2.66. The molecule has 24 heavy (non-hydrogen) atoms. The van der Waals surface area contributed by atoms with Gasteiger partial charge in [-0.25, -0.2) is 9.97 Å². The number of hydrogen-bond acceptors (Lipinski definition) is 4. The van der Waals surface area contributed by atoms with E-state index < -0.39 is 0 Å². The fourth-order valence-electron chi connectivity index (χ4n) is 3.10. The number of imidazole rings is 1. The van der Waals surface area contributed by atoms with Crippen LogP contribution in [0, 0.1) is 6.92 Å². The molecule has 2 aromatic heterocycles. The van der Waals surface area contributed by atoms with Gasteiger partial charge in [-0.15, -0.1) is 0 Å². The van der Waals surface area contributed by atoms with Crippen LogP contribution in [-0.4, -0.2) is 26.9 Å². The molecule has 1 amide bonds. The number of carbonyl (C=O) groups excluding carboxylic acids is 1. The number of aromatic amines is 1. The van der Waals surface area contributed by atoms with Crippen molar-refractivity contribution in [2.24, 2.45) is 0 Å². The van der Waals surface area contributed by atoms with Gasteiger partial charge in [0.15, 0.2) is 17.8 Å². The van der Waals surface area contributed by atoms with Crippen molar-refractivity contribution in [3.63, 3.8) is 0 Å². The molecule has 122 valence electrons. The Morgan fingerprint density at radius 1 is 1.29 bits per heavy atom. The van der Waals surface area contributed by atoms with Gasteiger partial charge in [-0.3, -0.25) is 4.79 Å². The van der Waals surface area contributed by atoms with Crippen molar-refractivity contribution in [3.8, 4) is 11.3 Å². The first-order valence-corrected chi connectivity index (χ1v) is 8.03. The molecule has 0 bridgehead atoms. The third kappa shape index (κ3) is 2.71. The summed E-state index contributed by atoms with van der Waals surface area (Å²) < 4.78 is 5.46. The first kappa shape index (κ1) is 14.7. The molecule has 4 rings (SSSR count). The van der Waals surface area contributed by atoms with E-state index in [1.165, 1.54) is 6.39 Å². The number of carbonyl (C=O) groups is 1. The summed E-state index contributed by atoms with van der Waals surface area (Å²) in [6.45, 7) is 2.02. The van der Waals surface area contributed by atoms with Crippen LogP contribution in [0.1, 0.15) is 33.9 Å². The van der Waals surface area contributed by atoms with E-state index in [2.05, 4.69) is 20.3 Å². The smallest absolute Gasteiger partial charge is 0.274 e. The van der Waals surface area contributed by atoms with E-state index in [-0.39, 0.29) is 11.9 Å². The maximum absolute atomic E-state index is 12.6. The lowest BCUT2D eigenvalue weighted by Gasteiger charge is -2.22. The van der Waals surface area contributed by atoms with Gasteiger partial charge in [0.1, 0.15) is 0 Å². The number of nitrogens with one attached hydrogen (secondary N) is 2. The molecule has 1 aromatic carbocycles. The van der Waals surface area contributed by atoms with E-state index in [4.69, 9.17) is 4.42 Å². The Morgan fingerprint density at radius 3 is 2.96 bits per heavy atom. The van der Waals surface area contributed by atoms with Gasteiger partial charge < -0.3 is 14.7 Å². The normalized spacial score (nSPS) is 16.6. The molecule has 0 aliphatic heterocycles. The van der Waals surface area contributed by atoms with Crippen LogP contribution in [-0.2, 0) is 12.8 Å². The topological polar surface area (TPSA) is 83.8 Å². The Hall–Kier alpha value is -2.89. The molecule has 0 fully saturated rings. The largest absolute Gasteiger partial charge is 0.443 e. The van der Waals surface area contributed by atoms with Gasteiger partial charge in [-0.05, 0) is 19.8 Å². The van der Waals surface area contributed by atoms with Crippen LogP contribution in [0.15, 0.2) is 41.4 Å². The van der Waals surface area contributed by atoms with E-state index in [9.17, 15) is 4.79 Å². The summed E-state index contributed by atoms with van der Waals surface area (Å²) in [6.07, 6.45) is 5.54. The van der Waals surface area contributed by atoms with Crippen molar-refractivity contribution in [2.75, 3.05) is 0 Å². The molecule has 2 N–H and O–H groups in total. The number of hydrogen-bond donors (Lipinski definition) is 2. The number of H-pyrrole nitrogens is 1. The number of amides is 1. The van der Waals surface area contributed by atoms with Crippen molar-refractivity contribution in [1.29, 1.82) is 0 Å². The van der Waals surface area contributed by atoms with Gasteiger partial charge in [0.05, 0.1) is 12.0 Å². The van der Waals surface area contributed by atoms with Crippen LogP contribution in [0.2, 0.25) is 0 Å². The van der Waals surface area contributed by atoms with Crippen molar-refractivity contribution in [1.82, 2.24) is 20.3 Å². The molecule has 0 spiro atoms. The highest BCUT2D eigenvalue weighted by molar-refractivity contribution is 5.97. The van der Waals surface area contributed by atoms with E-state index in [1.54, 1.807) is 6.33 Å². The minimum absolute atomic E-state index is 0.0769. The lowest BCUT2D eigenvalue weighted by atomic mass is 9.96. The minimum atomic E-state index is -0.202. The zero-order valence-electron chi connectivity index (χ0n) is 13.4. The summed E-state index contributed by atoms with van der Waals surface area (Å²) in [5.74, 6) is 0.304. The zero-order chi connectivity index (χ0) is 16.5. The van der Waals surface area contributed by atoms with Crippen LogP contribution in [0.25, 0.3) is 11.3 Å². The highest BCUT2D eigenvalue weighted by Gasteiger charge is 2.25. The summed E-state index contributed by atoms with van der Waals surface area (Å²) >= 11 is 0. The fourth-order valence-corrected chi connectivity index (χ4v) is 3.10. The first-order chi connectivity index (χ1) is 11.7. The summed E-state index contributed by atoms with van der Waals surface area (Å²) in [5.41, 5.74) is 4.53. The molecule has 1 unspecified atom stereocenters. The molecular formula is C18H18N4O2. The second kappa shape index (κ2) is 5.96.